The first-order chi connectivity index (χ1) is 10.1. The third-order valence-electron chi connectivity index (χ3n) is 4.00. The zero-order chi connectivity index (χ0) is 15.2. The van der Waals surface area contributed by atoms with E-state index < -0.39 is 0 Å². The second-order valence-corrected chi connectivity index (χ2v) is 6.09. The number of rotatable bonds is 5. The summed E-state index contributed by atoms with van der Waals surface area (Å²) in [6, 6.07) is 7.63. The summed E-state index contributed by atoms with van der Waals surface area (Å²) >= 11 is 6.05. The van der Waals surface area contributed by atoms with Gasteiger partial charge in [-0.2, -0.15) is 0 Å². The second kappa shape index (κ2) is 7.78. The van der Waals surface area contributed by atoms with Crippen LogP contribution < -0.4 is 5.73 Å². The minimum Gasteiger partial charge on any atom is -0.367 e. The van der Waals surface area contributed by atoms with Gasteiger partial charge in [-0.15, -0.1) is 0 Å². The van der Waals surface area contributed by atoms with Crippen molar-refractivity contribution in [2.75, 3.05) is 19.7 Å². The second-order valence-electron chi connectivity index (χ2n) is 5.69. The number of likely N-dealkylation sites (tertiary alicyclic amines) is 1. The molecule has 2 N–H and O–H groups in total. The Labute approximate surface area is 131 Å². The summed E-state index contributed by atoms with van der Waals surface area (Å²) in [7, 11) is 0. The first-order valence-electron chi connectivity index (χ1n) is 7.42. The topological polar surface area (TPSA) is 55.6 Å². The molecule has 0 bridgehead atoms. The Kier molecular flexibility index (Phi) is 6.03. The van der Waals surface area contributed by atoms with Gasteiger partial charge in [-0.05, 0) is 37.3 Å². The van der Waals surface area contributed by atoms with Crippen LogP contribution in [0.5, 0.6) is 0 Å². The van der Waals surface area contributed by atoms with Gasteiger partial charge in [-0.25, -0.2) is 0 Å². The van der Waals surface area contributed by atoms with Crippen LogP contribution in [0, 0.1) is 5.92 Å². The van der Waals surface area contributed by atoms with Crippen LogP contribution in [0.4, 0.5) is 0 Å². The van der Waals surface area contributed by atoms with E-state index in [-0.39, 0.29) is 18.6 Å². The molecule has 2 rings (SSSR count). The van der Waals surface area contributed by atoms with Crippen LogP contribution >= 0.6 is 11.6 Å². The van der Waals surface area contributed by atoms with Gasteiger partial charge in [-0.1, -0.05) is 29.8 Å². The SMILES string of the molecule is C[C@H](N)[C@@H]1CCCN(C(=O)COCc2ccccc2Cl)C1. The number of halogens is 1. The Morgan fingerprint density at radius 2 is 2.29 bits per heavy atom. The van der Waals surface area contributed by atoms with Crippen molar-refractivity contribution < 1.29 is 9.53 Å². The molecule has 0 spiro atoms. The normalized spacial score (nSPS) is 20.3. The lowest BCUT2D eigenvalue weighted by atomic mass is 9.92. The molecule has 2 atom stereocenters. The average Bonchev–Trinajstić information content (AvgIpc) is 2.49. The van der Waals surface area contributed by atoms with Gasteiger partial charge in [0.15, 0.2) is 0 Å². The van der Waals surface area contributed by atoms with Gasteiger partial charge in [0.2, 0.25) is 5.91 Å². The third-order valence-corrected chi connectivity index (χ3v) is 4.36. The first kappa shape index (κ1) is 16.3. The number of carbonyl (C=O) groups is 1. The van der Waals surface area contributed by atoms with E-state index in [0.29, 0.717) is 17.5 Å². The maximum Gasteiger partial charge on any atom is 0.248 e. The van der Waals surface area contributed by atoms with Crippen molar-refractivity contribution in [3.8, 4) is 0 Å². The molecular formula is C16H23ClN2O2. The van der Waals surface area contributed by atoms with E-state index in [1.165, 1.54) is 0 Å². The largest absolute Gasteiger partial charge is 0.367 e. The number of amides is 1. The molecule has 1 heterocycles. The molecule has 21 heavy (non-hydrogen) atoms. The van der Waals surface area contributed by atoms with Crippen LogP contribution in [0.15, 0.2) is 24.3 Å². The first-order valence-corrected chi connectivity index (χ1v) is 7.80. The highest BCUT2D eigenvalue weighted by atomic mass is 35.5. The fourth-order valence-electron chi connectivity index (χ4n) is 2.62. The summed E-state index contributed by atoms with van der Waals surface area (Å²) in [5.74, 6) is 0.429. The van der Waals surface area contributed by atoms with E-state index in [2.05, 4.69) is 0 Å². The molecule has 0 aromatic heterocycles. The van der Waals surface area contributed by atoms with E-state index >= 15 is 0 Å². The third kappa shape index (κ3) is 4.70. The number of hydrogen-bond donors (Lipinski definition) is 1. The predicted octanol–water partition coefficient (Wildman–Crippen LogP) is 2.44. The summed E-state index contributed by atoms with van der Waals surface area (Å²) < 4.78 is 5.50. The summed E-state index contributed by atoms with van der Waals surface area (Å²) in [5.41, 5.74) is 6.84. The van der Waals surface area contributed by atoms with Gasteiger partial charge in [0.1, 0.15) is 6.61 Å². The van der Waals surface area contributed by atoms with E-state index in [9.17, 15) is 4.79 Å². The molecule has 1 saturated heterocycles. The van der Waals surface area contributed by atoms with Crippen molar-refractivity contribution in [1.29, 1.82) is 0 Å². The van der Waals surface area contributed by atoms with Crippen molar-refractivity contribution in [3.05, 3.63) is 34.9 Å². The summed E-state index contributed by atoms with van der Waals surface area (Å²) in [6.45, 7) is 4.00. The Morgan fingerprint density at radius 3 is 3.00 bits per heavy atom. The van der Waals surface area contributed by atoms with Crippen molar-refractivity contribution in [1.82, 2.24) is 4.90 Å². The van der Waals surface area contributed by atoms with Crippen LogP contribution in [0.1, 0.15) is 25.3 Å². The molecule has 0 aliphatic carbocycles. The zero-order valence-corrected chi connectivity index (χ0v) is 13.2. The van der Waals surface area contributed by atoms with Gasteiger partial charge in [0, 0.05) is 24.2 Å². The quantitative estimate of drug-likeness (QED) is 0.909. The predicted molar refractivity (Wildman–Crippen MR) is 84.1 cm³/mol. The van der Waals surface area contributed by atoms with E-state index in [4.69, 9.17) is 22.1 Å². The lowest BCUT2D eigenvalue weighted by Gasteiger charge is -2.34. The molecular weight excluding hydrogens is 288 g/mol. The number of carbonyl (C=O) groups excluding carboxylic acids is 1. The lowest BCUT2D eigenvalue weighted by molar-refractivity contribution is -0.138. The average molecular weight is 311 g/mol. The number of piperidine rings is 1. The fourth-order valence-corrected chi connectivity index (χ4v) is 2.81. The Bertz CT molecular complexity index is 479. The van der Waals surface area contributed by atoms with Crippen molar-refractivity contribution >= 4 is 17.5 Å². The van der Waals surface area contributed by atoms with Gasteiger partial charge in [0.25, 0.3) is 0 Å². The fraction of sp³-hybridized carbons (Fsp3) is 0.562. The van der Waals surface area contributed by atoms with Gasteiger partial charge >= 0.3 is 0 Å². The standard InChI is InChI=1S/C16H23ClN2O2/c1-12(18)13-6-4-8-19(9-13)16(20)11-21-10-14-5-2-3-7-15(14)17/h2-3,5,7,12-13H,4,6,8-11,18H2,1H3/t12-,13+/m0/s1. The van der Waals surface area contributed by atoms with Gasteiger partial charge in [0.05, 0.1) is 6.61 Å². The number of nitrogens with two attached hydrogens (primary N) is 1. The van der Waals surface area contributed by atoms with Crippen molar-refractivity contribution in [2.24, 2.45) is 11.7 Å². The Balaban J connectivity index is 1.78. The highest BCUT2D eigenvalue weighted by Crippen LogP contribution is 2.19. The van der Waals surface area contributed by atoms with Gasteiger partial charge < -0.3 is 15.4 Å². The summed E-state index contributed by atoms with van der Waals surface area (Å²) in [4.78, 5) is 14.0. The van der Waals surface area contributed by atoms with Crippen LogP contribution in [0.2, 0.25) is 5.02 Å². The Hall–Kier alpha value is -1.10. The molecule has 1 amide bonds. The van der Waals surface area contributed by atoms with E-state index in [0.717, 1.165) is 31.5 Å². The maximum absolute atomic E-state index is 12.2. The monoisotopic (exact) mass is 310 g/mol. The number of hydrogen-bond acceptors (Lipinski definition) is 3. The number of benzene rings is 1. The van der Waals surface area contributed by atoms with Crippen LogP contribution in [0.25, 0.3) is 0 Å². The highest BCUT2D eigenvalue weighted by Gasteiger charge is 2.25. The smallest absolute Gasteiger partial charge is 0.248 e. The molecule has 4 nitrogen and oxygen atoms in total. The minimum absolute atomic E-state index is 0.0346. The molecule has 116 valence electrons. The number of nitrogens with zero attached hydrogens (tertiary/aromatic N) is 1. The van der Waals surface area contributed by atoms with E-state index in [1.807, 2.05) is 36.1 Å². The van der Waals surface area contributed by atoms with Gasteiger partial charge in [-0.3, -0.25) is 4.79 Å². The lowest BCUT2D eigenvalue weighted by Crippen LogP contribution is -2.46. The minimum atomic E-state index is 0.0346. The summed E-state index contributed by atoms with van der Waals surface area (Å²) in [5, 5.41) is 0.667. The molecule has 1 aromatic rings. The van der Waals surface area contributed by atoms with Crippen LogP contribution in [-0.2, 0) is 16.1 Å². The maximum atomic E-state index is 12.2. The zero-order valence-electron chi connectivity index (χ0n) is 12.4. The van der Waals surface area contributed by atoms with Crippen molar-refractivity contribution in [3.63, 3.8) is 0 Å². The highest BCUT2D eigenvalue weighted by molar-refractivity contribution is 6.31. The number of ether oxygens (including phenoxy) is 1. The molecule has 1 aromatic carbocycles. The molecule has 5 heteroatoms. The molecule has 1 fully saturated rings. The molecule has 0 unspecified atom stereocenters. The Morgan fingerprint density at radius 1 is 1.52 bits per heavy atom. The van der Waals surface area contributed by atoms with E-state index in [1.54, 1.807) is 0 Å². The summed E-state index contributed by atoms with van der Waals surface area (Å²) in [6.07, 6.45) is 2.12. The molecule has 0 saturated carbocycles. The molecule has 1 aliphatic heterocycles. The van der Waals surface area contributed by atoms with Crippen LogP contribution in [-0.4, -0.2) is 36.5 Å². The van der Waals surface area contributed by atoms with Crippen molar-refractivity contribution in [2.45, 2.75) is 32.4 Å². The molecule has 1 aliphatic rings. The van der Waals surface area contributed by atoms with Crippen LogP contribution in [0.3, 0.4) is 0 Å². The molecule has 0 radical (unpaired) electrons.